The Morgan fingerprint density at radius 1 is 1.20 bits per heavy atom. The number of aliphatic imine (C=N–C) groups is 1. The number of amides is 1. The Kier molecular flexibility index (Phi) is 10.7. The number of ether oxygens (including phenoxy) is 1. The van der Waals surface area contributed by atoms with Crippen molar-refractivity contribution in [3.8, 4) is 0 Å². The van der Waals surface area contributed by atoms with E-state index in [0.717, 1.165) is 32.8 Å². The lowest BCUT2D eigenvalue weighted by molar-refractivity contribution is -0.127. The molecule has 7 heteroatoms. The van der Waals surface area contributed by atoms with E-state index in [1.165, 1.54) is 4.90 Å². The van der Waals surface area contributed by atoms with Gasteiger partial charge in [-0.25, -0.2) is 4.99 Å². The van der Waals surface area contributed by atoms with Crippen LogP contribution in [0.5, 0.6) is 0 Å². The number of guanidine groups is 1. The van der Waals surface area contributed by atoms with Gasteiger partial charge in [0.05, 0.1) is 6.61 Å². The van der Waals surface area contributed by atoms with Crippen LogP contribution in [0.1, 0.15) is 6.92 Å². The lowest BCUT2D eigenvalue weighted by Gasteiger charge is -2.18. The Labute approximate surface area is 122 Å². The van der Waals surface area contributed by atoms with Crippen LogP contribution in [0.4, 0.5) is 0 Å². The first-order chi connectivity index (χ1) is 9.51. The lowest BCUT2D eigenvalue weighted by Crippen LogP contribution is -2.42. The van der Waals surface area contributed by atoms with Crippen molar-refractivity contribution in [2.45, 2.75) is 6.92 Å². The third-order valence-corrected chi connectivity index (χ3v) is 2.68. The molecule has 0 rings (SSSR count). The molecular weight excluding hydrogens is 258 g/mol. The van der Waals surface area contributed by atoms with Gasteiger partial charge in [0.2, 0.25) is 5.91 Å². The zero-order valence-electron chi connectivity index (χ0n) is 13.4. The number of rotatable bonds is 9. The second kappa shape index (κ2) is 11.5. The highest BCUT2D eigenvalue weighted by atomic mass is 16.5. The van der Waals surface area contributed by atoms with Crippen LogP contribution in [0.25, 0.3) is 0 Å². The van der Waals surface area contributed by atoms with Crippen molar-refractivity contribution in [1.82, 2.24) is 20.4 Å². The minimum Gasteiger partial charge on any atom is -0.383 e. The van der Waals surface area contributed by atoms with Gasteiger partial charge in [-0.1, -0.05) is 0 Å². The zero-order chi connectivity index (χ0) is 15.4. The molecule has 0 aromatic carbocycles. The first-order valence-corrected chi connectivity index (χ1v) is 6.91. The SMILES string of the molecule is CCNC(=NCC(=O)N(C)C)NCCN(C)CCOC. The standard InChI is InChI=1S/C13H29N5O2/c1-6-14-13(16-11-12(19)17(2)3)15-7-8-18(4)9-10-20-5/h6-11H2,1-5H3,(H2,14,15,16). The van der Waals surface area contributed by atoms with Crippen LogP contribution in [0.2, 0.25) is 0 Å². The van der Waals surface area contributed by atoms with E-state index in [9.17, 15) is 4.79 Å². The fraction of sp³-hybridized carbons (Fsp3) is 0.846. The molecule has 0 fully saturated rings. The Balaban J connectivity index is 4.07. The maximum absolute atomic E-state index is 11.5. The second-order valence-corrected chi connectivity index (χ2v) is 4.71. The molecule has 7 nitrogen and oxygen atoms in total. The minimum atomic E-state index is -0.0144. The lowest BCUT2D eigenvalue weighted by atomic mass is 10.5. The summed E-state index contributed by atoms with van der Waals surface area (Å²) >= 11 is 0. The molecular formula is C13H29N5O2. The molecule has 20 heavy (non-hydrogen) atoms. The average molecular weight is 287 g/mol. The number of methoxy groups -OCH3 is 1. The number of nitrogens with zero attached hydrogens (tertiary/aromatic N) is 3. The van der Waals surface area contributed by atoms with Gasteiger partial charge < -0.3 is 25.2 Å². The van der Waals surface area contributed by atoms with Gasteiger partial charge in [-0.15, -0.1) is 0 Å². The van der Waals surface area contributed by atoms with Gasteiger partial charge in [0.25, 0.3) is 0 Å². The van der Waals surface area contributed by atoms with Crippen molar-refractivity contribution in [1.29, 1.82) is 0 Å². The average Bonchev–Trinajstić information content (AvgIpc) is 2.41. The summed E-state index contributed by atoms with van der Waals surface area (Å²) in [7, 11) is 7.19. The van der Waals surface area contributed by atoms with E-state index in [-0.39, 0.29) is 12.5 Å². The fourth-order valence-electron chi connectivity index (χ4n) is 1.35. The van der Waals surface area contributed by atoms with Gasteiger partial charge in [-0.05, 0) is 14.0 Å². The van der Waals surface area contributed by atoms with Crippen molar-refractivity contribution in [2.24, 2.45) is 4.99 Å². The molecule has 0 aromatic rings. The van der Waals surface area contributed by atoms with Crippen LogP contribution in [0.15, 0.2) is 4.99 Å². The van der Waals surface area contributed by atoms with Gasteiger partial charge in [0.15, 0.2) is 5.96 Å². The predicted octanol–water partition coefficient (Wildman–Crippen LogP) is -0.792. The van der Waals surface area contributed by atoms with Crippen molar-refractivity contribution in [3.63, 3.8) is 0 Å². The Morgan fingerprint density at radius 3 is 2.45 bits per heavy atom. The number of carbonyl (C=O) groups is 1. The van der Waals surface area contributed by atoms with Crippen LogP contribution < -0.4 is 10.6 Å². The smallest absolute Gasteiger partial charge is 0.243 e. The zero-order valence-corrected chi connectivity index (χ0v) is 13.4. The van der Waals surface area contributed by atoms with Gasteiger partial charge in [-0.2, -0.15) is 0 Å². The Morgan fingerprint density at radius 2 is 1.90 bits per heavy atom. The first kappa shape index (κ1) is 18.7. The normalized spacial score (nSPS) is 11.6. The molecule has 1 amide bonds. The van der Waals surface area contributed by atoms with Gasteiger partial charge in [0.1, 0.15) is 6.54 Å². The van der Waals surface area contributed by atoms with Gasteiger partial charge >= 0.3 is 0 Å². The number of hydrogen-bond acceptors (Lipinski definition) is 4. The summed E-state index contributed by atoms with van der Waals surface area (Å²) in [6.07, 6.45) is 0. The minimum absolute atomic E-state index is 0.0144. The van der Waals surface area contributed by atoms with E-state index in [1.807, 2.05) is 14.0 Å². The summed E-state index contributed by atoms with van der Waals surface area (Å²) in [6.45, 7) is 6.18. The fourth-order valence-corrected chi connectivity index (χ4v) is 1.35. The Bertz CT molecular complexity index is 294. The summed E-state index contributed by atoms with van der Waals surface area (Å²) in [4.78, 5) is 19.5. The molecule has 0 atom stereocenters. The van der Waals surface area contributed by atoms with E-state index in [4.69, 9.17) is 4.74 Å². The number of carbonyl (C=O) groups excluding carboxylic acids is 1. The van der Waals surface area contributed by atoms with Crippen molar-refractivity contribution < 1.29 is 9.53 Å². The third kappa shape index (κ3) is 9.57. The molecule has 0 aliphatic heterocycles. The molecule has 0 spiro atoms. The van der Waals surface area contributed by atoms with E-state index < -0.39 is 0 Å². The summed E-state index contributed by atoms with van der Waals surface area (Å²) in [6, 6.07) is 0. The molecule has 0 bridgehead atoms. The highest BCUT2D eigenvalue weighted by molar-refractivity contribution is 5.84. The molecule has 0 aliphatic rings. The second-order valence-electron chi connectivity index (χ2n) is 4.71. The maximum Gasteiger partial charge on any atom is 0.243 e. The van der Waals surface area contributed by atoms with Crippen LogP contribution >= 0.6 is 0 Å². The maximum atomic E-state index is 11.5. The molecule has 2 N–H and O–H groups in total. The molecule has 0 saturated heterocycles. The number of likely N-dealkylation sites (N-methyl/N-ethyl adjacent to an activating group) is 2. The van der Waals surface area contributed by atoms with E-state index >= 15 is 0 Å². The van der Waals surface area contributed by atoms with Gasteiger partial charge in [-0.3, -0.25) is 4.79 Å². The molecule has 118 valence electrons. The van der Waals surface area contributed by atoms with E-state index in [2.05, 4.69) is 20.5 Å². The molecule has 0 aliphatic carbocycles. The number of nitrogens with one attached hydrogen (secondary N) is 2. The quantitative estimate of drug-likeness (QED) is 0.429. The summed E-state index contributed by atoms with van der Waals surface area (Å²) in [5, 5.41) is 6.33. The van der Waals surface area contributed by atoms with E-state index in [1.54, 1.807) is 21.2 Å². The highest BCUT2D eigenvalue weighted by Crippen LogP contribution is 1.83. The van der Waals surface area contributed by atoms with Crippen LogP contribution in [-0.4, -0.2) is 89.3 Å². The monoisotopic (exact) mass is 287 g/mol. The van der Waals surface area contributed by atoms with E-state index in [0.29, 0.717) is 5.96 Å². The predicted molar refractivity (Wildman–Crippen MR) is 82.0 cm³/mol. The highest BCUT2D eigenvalue weighted by Gasteiger charge is 2.04. The van der Waals surface area contributed by atoms with Gasteiger partial charge in [0, 0.05) is 47.4 Å². The Hall–Kier alpha value is -1.34. The largest absolute Gasteiger partial charge is 0.383 e. The third-order valence-electron chi connectivity index (χ3n) is 2.68. The molecule has 0 aromatic heterocycles. The number of hydrogen-bond donors (Lipinski definition) is 2. The summed E-state index contributed by atoms with van der Waals surface area (Å²) in [5.41, 5.74) is 0. The van der Waals surface area contributed by atoms with Crippen molar-refractivity contribution in [2.75, 3.05) is 67.6 Å². The summed E-state index contributed by atoms with van der Waals surface area (Å²) < 4.78 is 5.03. The molecule has 0 saturated carbocycles. The van der Waals surface area contributed by atoms with Crippen molar-refractivity contribution >= 4 is 11.9 Å². The summed E-state index contributed by atoms with van der Waals surface area (Å²) in [5.74, 6) is 0.655. The first-order valence-electron chi connectivity index (χ1n) is 6.91. The van der Waals surface area contributed by atoms with Crippen LogP contribution in [0.3, 0.4) is 0 Å². The van der Waals surface area contributed by atoms with Crippen LogP contribution in [0, 0.1) is 0 Å². The molecule has 0 heterocycles. The van der Waals surface area contributed by atoms with Crippen molar-refractivity contribution in [3.05, 3.63) is 0 Å². The van der Waals surface area contributed by atoms with Crippen LogP contribution in [-0.2, 0) is 9.53 Å². The topological polar surface area (TPSA) is 69.2 Å². The molecule has 0 radical (unpaired) electrons. The molecule has 0 unspecified atom stereocenters.